The fourth-order valence-electron chi connectivity index (χ4n) is 2.69. The third-order valence-corrected chi connectivity index (χ3v) is 3.77. The Kier molecular flexibility index (Phi) is 6.65. The first-order valence-corrected chi connectivity index (χ1v) is 8.61. The topological polar surface area (TPSA) is 52.6 Å². The zero-order chi connectivity index (χ0) is 20.9. The third-order valence-electron chi connectivity index (χ3n) is 3.77. The summed E-state index contributed by atoms with van der Waals surface area (Å²) in [6, 6.07) is 4.69. The summed E-state index contributed by atoms with van der Waals surface area (Å²) in [7, 11) is 0. The van der Waals surface area contributed by atoms with Crippen molar-refractivity contribution in [3.63, 3.8) is 0 Å². The number of benzene rings is 1. The van der Waals surface area contributed by atoms with Gasteiger partial charge in [-0.1, -0.05) is 24.3 Å². The summed E-state index contributed by atoms with van der Waals surface area (Å²) < 4.78 is 50.1. The lowest BCUT2D eigenvalue weighted by molar-refractivity contribution is -0.161. The molecule has 0 aromatic heterocycles. The molecule has 7 heteroatoms. The molecule has 0 aliphatic heterocycles. The minimum Gasteiger partial charge on any atom is -0.458 e. The van der Waals surface area contributed by atoms with Crippen molar-refractivity contribution in [2.24, 2.45) is 0 Å². The van der Waals surface area contributed by atoms with Gasteiger partial charge in [0.1, 0.15) is 24.3 Å². The summed E-state index contributed by atoms with van der Waals surface area (Å²) in [6.07, 6.45) is -0.483. The van der Waals surface area contributed by atoms with Gasteiger partial charge in [-0.15, -0.1) is 0 Å². The van der Waals surface area contributed by atoms with Crippen LogP contribution in [0.5, 0.6) is 0 Å². The van der Waals surface area contributed by atoms with E-state index in [0.29, 0.717) is 11.1 Å². The quantitative estimate of drug-likeness (QED) is 0.534. The maximum Gasteiger partial charge on any atom is 0.416 e. The minimum atomic E-state index is -4.51. The third kappa shape index (κ3) is 6.22. The van der Waals surface area contributed by atoms with Gasteiger partial charge in [-0.3, -0.25) is 0 Å². The van der Waals surface area contributed by atoms with Crippen molar-refractivity contribution in [3.8, 4) is 0 Å². The van der Waals surface area contributed by atoms with E-state index in [0.717, 1.165) is 12.1 Å². The molecule has 0 saturated heterocycles. The largest absolute Gasteiger partial charge is 0.458 e. The lowest BCUT2D eigenvalue weighted by Gasteiger charge is -2.25. The zero-order valence-electron chi connectivity index (χ0n) is 15.8. The molecule has 0 saturated carbocycles. The first-order chi connectivity index (χ1) is 13.0. The summed E-state index contributed by atoms with van der Waals surface area (Å²) in [5, 5.41) is 0. The van der Waals surface area contributed by atoms with Crippen LogP contribution in [-0.4, -0.2) is 24.1 Å². The van der Waals surface area contributed by atoms with Crippen LogP contribution in [0.15, 0.2) is 53.6 Å². The second-order valence-electron chi connectivity index (χ2n) is 7.31. The molecular weight excluding hydrogens is 373 g/mol. The molecule has 1 unspecified atom stereocenters. The number of ether oxygens (including phenoxy) is 2. The molecule has 0 fully saturated rings. The number of alkyl halides is 3. The Morgan fingerprint density at radius 1 is 1.25 bits per heavy atom. The second-order valence-corrected chi connectivity index (χ2v) is 7.31. The van der Waals surface area contributed by atoms with E-state index in [1.807, 2.05) is 0 Å². The Labute approximate surface area is 161 Å². The van der Waals surface area contributed by atoms with E-state index in [9.17, 15) is 22.8 Å². The van der Waals surface area contributed by atoms with E-state index in [2.05, 4.69) is 0 Å². The van der Waals surface area contributed by atoms with Crippen molar-refractivity contribution in [2.45, 2.75) is 45.1 Å². The van der Waals surface area contributed by atoms with Gasteiger partial charge in [0, 0.05) is 12.0 Å². The van der Waals surface area contributed by atoms with Crippen LogP contribution < -0.4 is 0 Å². The number of hydrogen-bond acceptors (Lipinski definition) is 4. The van der Waals surface area contributed by atoms with Crippen molar-refractivity contribution in [1.82, 2.24) is 0 Å². The van der Waals surface area contributed by atoms with Crippen molar-refractivity contribution >= 4 is 11.9 Å². The van der Waals surface area contributed by atoms with Crippen LogP contribution in [0, 0.1) is 0 Å². The maximum atomic E-state index is 13.1. The van der Waals surface area contributed by atoms with Crippen LogP contribution >= 0.6 is 0 Å². The second kappa shape index (κ2) is 8.59. The molecule has 1 aliphatic rings. The number of carbonyl (C=O) groups excluding carboxylic acids is 2. The average molecular weight is 394 g/mol. The number of hydrogen-bond donors (Lipinski definition) is 0. The highest BCUT2D eigenvalue weighted by molar-refractivity contribution is 5.71. The van der Waals surface area contributed by atoms with Gasteiger partial charge in [-0.05, 0) is 50.1 Å². The lowest BCUT2D eigenvalue weighted by Crippen LogP contribution is -2.27. The molecule has 150 valence electrons. The highest BCUT2D eigenvalue weighted by Gasteiger charge is 2.32. The van der Waals surface area contributed by atoms with E-state index in [1.165, 1.54) is 12.1 Å². The van der Waals surface area contributed by atoms with Gasteiger partial charge >= 0.3 is 12.1 Å². The van der Waals surface area contributed by atoms with E-state index >= 15 is 0 Å². The number of rotatable bonds is 5. The van der Waals surface area contributed by atoms with Crippen molar-refractivity contribution in [3.05, 3.63) is 64.8 Å². The summed E-state index contributed by atoms with van der Waals surface area (Å²) >= 11 is 0. The lowest BCUT2D eigenvalue weighted by atomic mass is 9.91. The minimum absolute atomic E-state index is 0.162. The van der Waals surface area contributed by atoms with Gasteiger partial charge in [0.25, 0.3) is 0 Å². The van der Waals surface area contributed by atoms with Crippen molar-refractivity contribution in [1.29, 1.82) is 0 Å². The summed E-state index contributed by atoms with van der Waals surface area (Å²) in [4.78, 5) is 23.0. The van der Waals surface area contributed by atoms with Gasteiger partial charge in [0.2, 0.25) is 0 Å². The predicted molar refractivity (Wildman–Crippen MR) is 97.0 cm³/mol. The monoisotopic (exact) mass is 394 g/mol. The summed E-state index contributed by atoms with van der Waals surface area (Å²) in [5.41, 5.74) is -0.426. The van der Waals surface area contributed by atoms with Crippen LogP contribution in [0.3, 0.4) is 0 Å². The molecule has 1 aliphatic carbocycles. The fraction of sp³-hybridized carbons (Fsp3) is 0.381. The molecule has 0 radical (unpaired) electrons. The Bertz CT molecular complexity index is 838. The van der Waals surface area contributed by atoms with E-state index in [-0.39, 0.29) is 12.0 Å². The molecule has 4 nitrogen and oxygen atoms in total. The Balaban J connectivity index is 2.32. The number of carbonyl (C=O) groups is 1. The fourth-order valence-corrected chi connectivity index (χ4v) is 2.69. The summed E-state index contributed by atoms with van der Waals surface area (Å²) in [6.45, 7) is 4.65. The van der Waals surface area contributed by atoms with Gasteiger partial charge in [-0.2, -0.15) is 13.2 Å². The smallest absolute Gasteiger partial charge is 0.416 e. The molecule has 2 rings (SSSR count). The highest BCUT2D eigenvalue weighted by Crippen LogP contribution is 2.36. The zero-order valence-corrected chi connectivity index (χ0v) is 15.8. The molecule has 1 aromatic carbocycles. The van der Waals surface area contributed by atoms with Crippen LogP contribution in [0.4, 0.5) is 13.2 Å². The van der Waals surface area contributed by atoms with Gasteiger partial charge < -0.3 is 9.47 Å². The first kappa shape index (κ1) is 21.7. The van der Waals surface area contributed by atoms with Crippen LogP contribution in [0.2, 0.25) is 0 Å². The average Bonchev–Trinajstić information content (AvgIpc) is 2.60. The van der Waals surface area contributed by atoms with Gasteiger partial charge in [0.15, 0.2) is 0 Å². The Hall–Kier alpha value is -2.63. The van der Waals surface area contributed by atoms with E-state index < -0.39 is 36.0 Å². The molecule has 0 spiro atoms. The maximum absolute atomic E-state index is 13.1. The standard InChI is InChI=1S/C21H21F3O4/c1-20(2,3)28-18(26)13-27-19(15-7-4-6-14(10-15)12-25)16-8-5-9-17(11-16)21(22,23)24/h4-9,11,19H,10,13H2,1-3H3. The highest BCUT2D eigenvalue weighted by atomic mass is 19.4. The molecule has 0 bridgehead atoms. The van der Waals surface area contributed by atoms with E-state index in [4.69, 9.17) is 9.47 Å². The number of esters is 1. The first-order valence-electron chi connectivity index (χ1n) is 8.61. The molecule has 0 amide bonds. The molecule has 28 heavy (non-hydrogen) atoms. The van der Waals surface area contributed by atoms with Crippen LogP contribution in [0.25, 0.3) is 0 Å². The molecular formula is C21H21F3O4. The predicted octanol–water partition coefficient (Wildman–Crippen LogP) is 4.75. The number of halogens is 3. The normalized spacial score (nSPS) is 15.6. The Morgan fingerprint density at radius 3 is 2.57 bits per heavy atom. The van der Waals surface area contributed by atoms with Gasteiger partial charge in [0.05, 0.1) is 5.56 Å². The van der Waals surface area contributed by atoms with E-state index in [1.54, 1.807) is 44.9 Å². The SMILES string of the molecule is CC(C)(C)OC(=O)COC(C1=CC=CC(=C=O)C1)c1cccc(C(F)(F)F)c1. The van der Waals surface area contributed by atoms with Crippen LogP contribution in [-0.2, 0) is 25.2 Å². The van der Waals surface area contributed by atoms with Crippen molar-refractivity contribution < 1.29 is 32.2 Å². The molecule has 1 aromatic rings. The molecule has 0 heterocycles. The van der Waals surface area contributed by atoms with Crippen LogP contribution in [0.1, 0.15) is 44.4 Å². The molecule has 0 N–H and O–H groups in total. The molecule has 1 atom stereocenters. The number of allylic oxidation sites excluding steroid dienone is 4. The Morgan fingerprint density at radius 2 is 1.96 bits per heavy atom. The van der Waals surface area contributed by atoms with Crippen molar-refractivity contribution in [2.75, 3.05) is 6.61 Å². The van der Waals surface area contributed by atoms with Gasteiger partial charge in [-0.25, -0.2) is 9.59 Å². The summed E-state index contributed by atoms with van der Waals surface area (Å²) in [5.74, 6) is 1.15.